The van der Waals surface area contributed by atoms with E-state index in [2.05, 4.69) is 46.9 Å². The molecule has 0 aliphatic heterocycles. The van der Waals surface area contributed by atoms with Crippen LogP contribution in [-0.2, 0) is 6.61 Å². The van der Waals surface area contributed by atoms with E-state index in [0.29, 0.717) is 0 Å². The summed E-state index contributed by atoms with van der Waals surface area (Å²) in [6.07, 6.45) is 1.14. The van der Waals surface area contributed by atoms with Gasteiger partial charge in [0.15, 0.2) is 0 Å². The van der Waals surface area contributed by atoms with Gasteiger partial charge in [-0.2, -0.15) is 0 Å². The smallest absolute Gasteiger partial charge is 0.0682 e. The summed E-state index contributed by atoms with van der Waals surface area (Å²) in [4.78, 5) is 4.42. The first-order valence-electron chi connectivity index (χ1n) is 5.79. The summed E-state index contributed by atoms with van der Waals surface area (Å²) >= 11 is 3.55. The van der Waals surface area contributed by atoms with E-state index in [9.17, 15) is 0 Å². The predicted octanol–water partition coefficient (Wildman–Crippen LogP) is 2.33. The molecule has 0 radical (unpaired) electrons. The third-order valence-corrected chi connectivity index (χ3v) is 3.34. The lowest BCUT2D eigenvalue weighted by Gasteiger charge is -2.22. The first-order valence-corrected chi connectivity index (χ1v) is 6.59. The Morgan fingerprint density at radius 2 is 1.88 bits per heavy atom. The Morgan fingerprint density at radius 3 is 2.41 bits per heavy atom. The minimum Gasteiger partial charge on any atom is -0.392 e. The quantitative estimate of drug-likeness (QED) is 0.873. The molecule has 4 heteroatoms. The van der Waals surface area contributed by atoms with Gasteiger partial charge in [0.25, 0.3) is 0 Å². The maximum Gasteiger partial charge on any atom is 0.0682 e. The lowest BCUT2D eigenvalue weighted by molar-refractivity contribution is 0.282. The number of rotatable bonds is 6. The van der Waals surface area contributed by atoms with Crippen molar-refractivity contribution in [2.24, 2.45) is 0 Å². The monoisotopic (exact) mass is 300 g/mol. The fraction of sp³-hybridized carbons (Fsp3) is 0.538. The van der Waals surface area contributed by atoms with Gasteiger partial charge in [0.05, 0.1) is 12.3 Å². The molecule has 3 nitrogen and oxygen atoms in total. The van der Waals surface area contributed by atoms with E-state index in [1.54, 1.807) is 0 Å². The van der Waals surface area contributed by atoms with Crippen LogP contribution in [0.25, 0.3) is 0 Å². The lowest BCUT2D eigenvalue weighted by atomic mass is 10.2. The van der Waals surface area contributed by atoms with E-state index in [1.165, 1.54) is 5.69 Å². The molecule has 0 aromatic heterocycles. The Morgan fingerprint density at radius 1 is 1.18 bits per heavy atom. The molecular formula is C13H21BrN2O. The van der Waals surface area contributed by atoms with E-state index in [4.69, 9.17) is 5.11 Å². The number of halogens is 1. The number of aliphatic hydroxyl groups is 1. The summed E-state index contributed by atoms with van der Waals surface area (Å²) in [7, 11) is 6.27. The topological polar surface area (TPSA) is 26.7 Å². The van der Waals surface area contributed by atoms with E-state index in [0.717, 1.165) is 29.5 Å². The first kappa shape index (κ1) is 14.5. The van der Waals surface area contributed by atoms with Crippen molar-refractivity contribution >= 4 is 21.6 Å². The van der Waals surface area contributed by atoms with Crippen LogP contribution < -0.4 is 4.90 Å². The molecule has 1 N–H and O–H groups in total. The number of hydrogen-bond donors (Lipinski definition) is 1. The number of anilines is 1. The van der Waals surface area contributed by atoms with Crippen molar-refractivity contribution in [3.8, 4) is 0 Å². The molecule has 1 rings (SSSR count). The Balaban J connectivity index is 2.59. The molecule has 0 atom stereocenters. The average molecular weight is 301 g/mol. The standard InChI is InChI=1S/C13H21BrN2O/c1-15(2)7-4-8-16(3)13-6-5-11(10-17)9-12(13)14/h5-6,9,17H,4,7-8,10H2,1-3H3. The summed E-state index contributed by atoms with van der Waals surface area (Å²) in [6, 6.07) is 5.98. The molecule has 0 unspecified atom stereocenters. The zero-order chi connectivity index (χ0) is 12.8. The molecule has 17 heavy (non-hydrogen) atoms. The zero-order valence-corrected chi connectivity index (χ0v) is 12.4. The summed E-state index contributed by atoms with van der Waals surface area (Å²) in [5, 5.41) is 9.05. The van der Waals surface area contributed by atoms with Crippen LogP contribution in [0, 0.1) is 0 Å². The van der Waals surface area contributed by atoms with Crippen LogP contribution >= 0.6 is 15.9 Å². The minimum absolute atomic E-state index is 0.0865. The van der Waals surface area contributed by atoms with Crippen molar-refractivity contribution in [2.45, 2.75) is 13.0 Å². The Labute approximate surface area is 112 Å². The van der Waals surface area contributed by atoms with Gasteiger partial charge in [0, 0.05) is 18.1 Å². The first-order chi connectivity index (χ1) is 8.04. The summed E-state index contributed by atoms with van der Waals surface area (Å²) in [6.45, 7) is 2.20. The maximum absolute atomic E-state index is 9.05. The Hall–Kier alpha value is -0.580. The van der Waals surface area contributed by atoms with Crippen molar-refractivity contribution in [2.75, 3.05) is 39.1 Å². The van der Waals surface area contributed by atoms with Crippen molar-refractivity contribution in [3.63, 3.8) is 0 Å². The molecule has 0 aliphatic rings. The molecular weight excluding hydrogens is 280 g/mol. The van der Waals surface area contributed by atoms with Gasteiger partial charge in [-0.05, 0) is 60.7 Å². The molecule has 0 bridgehead atoms. The van der Waals surface area contributed by atoms with Gasteiger partial charge < -0.3 is 14.9 Å². The molecule has 0 saturated carbocycles. The SMILES string of the molecule is CN(C)CCCN(C)c1ccc(CO)cc1Br. The molecule has 0 heterocycles. The van der Waals surface area contributed by atoms with Gasteiger partial charge in [0.2, 0.25) is 0 Å². The second-order valence-electron chi connectivity index (χ2n) is 4.52. The molecule has 96 valence electrons. The van der Waals surface area contributed by atoms with Crippen LogP contribution in [0.1, 0.15) is 12.0 Å². The molecule has 1 aromatic rings. The van der Waals surface area contributed by atoms with Crippen molar-refractivity contribution in [3.05, 3.63) is 28.2 Å². The highest BCUT2D eigenvalue weighted by molar-refractivity contribution is 9.10. The van der Waals surface area contributed by atoms with Crippen molar-refractivity contribution in [1.82, 2.24) is 4.90 Å². The summed E-state index contributed by atoms with van der Waals surface area (Å²) in [5.41, 5.74) is 2.10. The largest absolute Gasteiger partial charge is 0.392 e. The number of nitrogens with zero attached hydrogens (tertiary/aromatic N) is 2. The molecule has 0 fully saturated rings. The summed E-state index contributed by atoms with van der Waals surface area (Å²) < 4.78 is 1.04. The molecule has 0 saturated heterocycles. The van der Waals surface area contributed by atoms with E-state index in [-0.39, 0.29) is 6.61 Å². The average Bonchev–Trinajstić information content (AvgIpc) is 2.28. The Bertz CT molecular complexity index is 355. The van der Waals surface area contributed by atoms with Crippen molar-refractivity contribution < 1.29 is 5.11 Å². The normalized spacial score (nSPS) is 10.9. The number of benzene rings is 1. The van der Waals surface area contributed by atoms with Gasteiger partial charge in [0.1, 0.15) is 0 Å². The second-order valence-corrected chi connectivity index (χ2v) is 5.38. The van der Waals surface area contributed by atoms with E-state index < -0.39 is 0 Å². The summed E-state index contributed by atoms with van der Waals surface area (Å²) in [5.74, 6) is 0. The zero-order valence-electron chi connectivity index (χ0n) is 10.8. The van der Waals surface area contributed by atoms with Crippen LogP contribution in [0.5, 0.6) is 0 Å². The lowest BCUT2D eigenvalue weighted by Crippen LogP contribution is -2.23. The predicted molar refractivity (Wildman–Crippen MR) is 76.5 cm³/mol. The van der Waals surface area contributed by atoms with Crippen LogP contribution in [0.2, 0.25) is 0 Å². The van der Waals surface area contributed by atoms with Crippen LogP contribution in [0.4, 0.5) is 5.69 Å². The highest BCUT2D eigenvalue weighted by Gasteiger charge is 2.06. The molecule has 1 aromatic carbocycles. The highest BCUT2D eigenvalue weighted by Crippen LogP contribution is 2.26. The third-order valence-electron chi connectivity index (χ3n) is 2.70. The molecule has 0 amide bonds. The third kappa shape index (κ3) is 4.66. The second kappa shape index (κ2) is 6.99. The molecule has 0 spiro atoms. The number of aliphatic hydroxyl groups excluding tert-OH is 1. The Kier molecular flexibility index (Phi) is 5.95. The van der Waals surface area contributed by atoms with Gasteiger partial charge in [-0.15, -0.1) is 0 Å². The van der Waals surface area contributed by atoms with Gasteiger partial charge in [-0.25, -0.2) is 0 Å². The van der Waals surface area contributed by atoms with Gasteiger partial charge in [-0.3, -0.25) is 0 Å². The van der Waals surface area contributed by atoms with Gasteiger partial charge in [-0.1, -0.05) is 6.07 Å². The van der Waals surface area contributed by atoms with E-state index in [1.807, 2.05) is 18.2 Å². The van der Waals surface area contributed by atoms with Crippen LogP contribution in [0.3, 0.4) is 0 Å². The highest BCUT2D eigenvalue weighted by atomic mass is 79.9. The molecule has 0 aliphatic carbocycles. The van der Waals surface area contributed by atoms with Crippen LogP contribution in [0.15, 0.2) is 22.7 Å². The maximum atomic E-state index is 9.05. The van der Waals surface area contributed by atoms with Crippen LogP contribution in [-0.4, -0.2) is 44.2 Å². The fourth-order valence-electron chi connectivity index (χ4n) is 1.70. The van der Waals surface area contributed by atoms with Gasteiger partial charge >= 0.3 is 0 Å². The van der Waals surface area contributed by atoms with Crippen molar-refractivity contribution in [1.29, 1.82) is 0 Å². The van der Waals surface area contributed by atoms with E-state index >= 15 is 0 Å². The fourth-order valence-corrected chi connectivity index (χ4v) is 2.43. The minimum atomic E-state index is 0.0865. The number of hydrogen-bond acceptors (Lipinski definition) is 3.